The third-order valence-electron chi connectivity index (χ3n) is 13.5. The highest BCUT2D eigenvalue weighted by molar-refractivity contribution is 5.83. The number of carbonyl (C=O) groups is 4. The molecule has 2 N–H and O–H groups in total. The Balaban J connectivity index is 1.27. The first-order valence-electron chi connectivity index (χ1n) is 23.4. The quantitative estimate of drug-likeness (QED) is 0.0613. The van der Waals surface area contributed by atoms with Gasteiger partial charge >= 0.3 is 17.9 Å². The van der Waals surface area contributed by atoms with Crippen LogP contribution in [0.3, 0.4) is 0 Å². The summed E-state index contributed by atoms with van der Waals surface area (Å²) in [5.74, 6) is -3.66. The van der Waals surface area contributed by atoms with Crippen molar-refractivity contribution in [3.8, 4) is 0 Å². The molecule has 0 aromatic heterocycles. The molecule has 1 aliphatic carbocycles. The van der Waals surface area contributed by atoms with Crippen molar-refractivity contribution in [1.29, 1.82) is 0 Å². The highest BCUT2D eigenvalue weighted by Crippen LogP contribution is 2.48. The van der Waals surface area contributed by atoms with Crippen molar-refractivity contribution in [3.05, 3.63) is 59.7 Å². The molecule has 3 heterocycles. The summed E-state index contributed by atoms with van der Waals surface area (Å²) in [6, 6.07) is 9.49. The Hall–Kier alpha value is -3.50. The lowest BCUT2D eigenvalue weighted by Gasteiger charge is -2.51. The van der Waals surface area contributed by atoms with Gasteiger partial charge in [0.1, 0.15) is 12.4 Å². The maximum Gasteiger partial charge on any atom is 0.330 e. The van der Waals surface area contributed by atoms with Gasteiger partial charge in [-0.2, -0.15) is 0 Å². The minimum Gasteiger partial charge on any atom is -0.466 e. The van der Waals surface area contributed by atoms with Crippen LogP contribution >= 0.6 is 0 Å². The molecule has 0 amide bonds. The zero-order valence-corrected chi connectivity index (χ0v) is 39.2. The number of allylic oxidation sites excluding steroid dienone is 1. The highest BCUT2D eigenvalue weighted by Gasteiger charge is 2.57. The van der Waals surface area contributed by atoms with Gasteiger partial charge in [-0.1, -0.05) is 77.4 Å². The molecule has 1 aromatic carbocycles. The molecule has 1 saturated carbocycles. The van der Waals surface area contributed by atoms with Gasteiger partial charge in [-0.05, 0) is 80.9 Å². The van der Waals surface area contributed by atoms with Gasteiger partial charge in [0.25, 0.3) is 0 Å². The fourth-order valence-electron chi connectivity index (χ4n) is 10.1. The third-order valence-corrected chi connectivity index (χ3v) is 13.5. The maximum atomic E-state index is 13.8. The first-order valence-corrected chi connectivity index (χ1v) is 23.4. The molecular weight excluding hydrogens is 825 g/mol. The average molecular weight is 899 g/mol. The largest absolute Gasteiger partial charge is 0.466 e. The summed E-state index contributed by atoms with van der Waals surface area (Å²) >= 11 is 0. The SMILES string of the molecule is COC(=O)/C=C1\C[C@@H](C[C@@H](OC(=O)C[C@H](O)CC2CCC[C@H](C[C@@H]3CCO[C@@]4(C[C@H](C)CC[C@H]4C(C)C)O3)O2)[C@@H](C)OCc2ccccc2)O[C@@](O)(C(C)(C)/C=C/C=O)[C@H]1OC(C)=O. The second-order valence-corrected chi connectivity index (χ2v) is 19.4. The number of hydrogen-bond donors (Lipinski definition) is 2. The molecule has 4 fully saturated rings. The first-order chi connectivity index (χ1) is 30.4. The number of benzene rings is 1. The van der Waals surface area contributed by atoms with Crippen LogP contribution in [-0.4, -0.2) is 109 Å². The molecule has 5 rings (SSSR count). The van der Waals surface area contributed by atoms with E-state index in [0.717, 1.165) is 56.6 Å². The Kier molecular flexibility index (Phi) is 18.7. The molecule has 1 aromatic rings. The number of hydrogen-bond acceptors (Lipinski definition) is 14. The van der Waals surface area contributed by atoms with Gasteiger partial charge in [-0.15, -0.1) is 0 Å². The van der Waals surface area contributed by atoms with Gasteiger partial charge < -0.3 is 48.1 Å². The minimum absolute atomic E-state index is 0.0228. The number of methoxy groups -OCH3 is 1. The van der Waals surface area contributed by atoms with Crippen LogP contribution in [0.5, 0.6) is 0 Å². The van der Waals surface area contributed by atoms with Crippen LogP contribution in [-0.2, 0) is 63.7 Å². The van der Waals surface area contributed by atoms with Gasteiger partial charge in [-0.25, -0.2) is 4.79 Å². The molecule has 4 aliphatic rings. The van der Waals surface area contributed by atoms with Crippen LogP contribution in [0, 0.1) is 23.2 Å². The molecule has 3 saturated heterocycles. The fourth-order valence-corrected chi connectivity index (χ4v) is 10.1. The molecule has 1 spiro atoms. The predicted molar refractivity (Wildman–Crippen MR) is 236 cm³/mol. The number of aliphatic hydroxyl groups excluding tert-OH is 1. The number of aliphatic hydroxyl groups is 2. The minimum atomic E-state index is -2.30. The molecule has 14 nitrogen and oxygen atoms in total. The molecule has 14 heteroatoms. The maximum absolute atomic E-state index is 13.8. The van der Waals surface area contributed by atoms with Gasteiger partial charge in [0.15, 0.2) is 11.9 Å². The smallest absolute Gasteiger partial charge is 0.330 e. The Labute approximate surface area is 379 Å². The zero-order chi connectivity index (χ0) is 46.7. The fraction of sp³-hybridized carbons (Fsp3) is 0.720. The lowest BCUT2D eigenvalue weighted by atomic mass is 9.72. The Morgan fingerprint density at radius 2 is 1.70 bits per heavy atom. The van der Waals surface area contributed by atoms with Crippen molar-refractivity contribution in [2.45, 2.75) is 193 Å². The summed E-state index contributed by atoms with van der Waals surface area (Å²) in [6.07, 6.45) is 6.19. The van der Waals surface area contributed by atoms with E-state index < -0.39 is 65.4 Å². The number of aldehydes is 1. The zero-order valence-electron chi connectivity index (χ0n) is 39.2. The van der Waals surface area contributed by atoms with E-state index in [4.69, 9.17) is 37.9 Å². The van der Waals surface area contributed by atoms with E-state index >= 15 is 0 Å². The van der Waals surface area contributed by atoms with Crippen LogP contribution in [0.2, 0.25) is 0 Å². The molecule has 0 radical (unpaired) electrons. The van der Waals surface area contributed by atoms with Crippen LogP contribution in [0.4, 0.5) is 0 Å². The van der Waals surface area contributed by atoms with E-state index in [1.807, 2.05) is 30.3 Å². The Bertz CT molecular complexity index is 1740. The molecule has 1 unspecified atom stereocenters. The van der Waals surface area contributed by atoms with Crippen LogP contribution in [0.15, 0.2) is 54.1 Å². The van der Waals surface area contributed by atoms with Crippen molar-refractivity contribution in [2.75, 3.05) is 13.7 Å². The number of ether oxygens (including phenoxy) is 8. The van der Waals surface area contributed by atoms with Gasteiger partial charge in [0.05, 0.1) is 63.4 Å². The Morgan fingerprint density at radius 3 is 2.39 bits per heavy atom. The second-order valence-electron chi connectivity index (χ2n) is 19.4. The Morgan fingerprint density at radius 1 is 0.969 bits per heavy atom. The summed E-state index contributed by atoms with van der Waals surface area (Å²) in [7, 11) is 1.20. The molecular formula is C50H74O14. The summed E-state index contributed by atoms with van der Waals surface area (Å²) in [5, 5.41) is 23.7. The monoisotopic (exact) mass is 899 g/mol. The topological polar surface area (TPSA) is 183 Å². The number of rotatable bonds is 19. The van der Waals surface area contributed by atoms with E-state index in [9.17, 15) is 29.4 Å². The molecule has 358 valence electrons. The summed E-state index contributed by atoms with van der Waals surface area (Å²) < 4.78 is 49.2. The van der Waals surface area contributed by atoms with E-state index in [1.54, 1.807) is 20.8 Å². The van der Waals surface area contributed by atoms with Gasteiger partial charge in [0, 0.05) is 43.6 Å². The summed E-state index contributed by atoms with van der Waals surface area (Å²) in [6.45, 7) is 13.8. The van der Waals surface area contributed by atoms with Crippen molar-refractivity contribution in [1.82, 2.24) is 0 Å². The number of esters is 3. The van der Waals surface area contributed by atoms with Crippen molar-refractivity contribution < 1.29 is 67.3 Å². The summed E-state index contributed by atoms with van der Waals surface area (Å²) in [4.78, 5) is 50.2. The van der Waals surface area contributed by atoms with Crippen LogP contribution < -0.4 is 0 Å². The third kappa shape index (κ3) is 13.8. The van der Waals surface area contributed by atoms with Gasteiger partial charge in [-0.3, -0.25) is 14.4 Å². The lowest BCUT2D eigenvalue weighted by molar-refractivity contribution is -0.342. The molecule has 0 bridgehead atoms. The standard InChI is InChI=1S/C50H74O14/c1-32(2)43-19-18-33(3)30-49(43)59-23-20-41(63-49)28-40-17-12-16-39(61-40)26-38(53)27-46(55)62-44(34(4)58-31-36-14-10-9-11-15-36)29-42-24-37(25-45(54)57-8)47(60-35(5)52)50(56,64-42)48(6,7)21-13-22-51/h9-11,13-15,21-22,25,32-34,38-44,47,53,56H,12,16-20,23-24,26-31H2,1-8H3/b21-13+,37-25+/t33-,34-,38-,39?,40-,41+,42+,43+,44-,47+,49+,50-/m1/s1. The first kappa shape index (κ1) is 51.5. The van der Waals surface area contributed by atoms with E-state index in [2.05, 4.69) is 20.8 Å². The highest BCUT2D eigenvalue weighted by atomic mass is 16.7. The molecule has 64 heavy (non-hydrogen) atoms. The number of carbonyl (C=O) groups excluding carboxylic acids is 4. The van der Waals surface area contributed by atoms with E-state index in [-0.39, 0.29) is 56.2 Å². The summed E-state index contributed by atoms with van der Waals surface area (Å²) in [5.41, 5.74) is -0.270. The van der Waals surface area contributed by atoms with Crippen LogP contribution in [0.1, 0.15) is 131 Å². The second kappa shape index (κ2) is 23.3. The normalized spacial score (nSPS) is 32.2. The van der Waals surface area contributed by atoms with Crippen molar-refractivity contribution in [3.63, 3.8) is 0 Å². The molecule has 3 aliphatic heterocycles. The predicted octanol–water partition coefficient (Wildman–Crippen LogP) is 7.25. The lowest BCUT2D eigenvalue weighted by Crippen LogP contribution is -2.62. The van der Waals surface area contributed by atoms with Crippen LogP contribution in [0.25, 0.3) is 0 Å². The van der Waals surface area contributed by atoms with Gasteiger partial charge in [0.2, 0.25) is 5.79 Å². The van der Waals surface area contributed by atoms with E-state index in [0.29, 0.717) is 30.6 Å². The molecule has 12 atom stereocenters. The average Bonchev–Trinajstić information content (AvgIpc) is 3.23. The van der Waals surface area contributed by atoms with Crippen molar-refractivity contribution >= 4 is 24.2 Å². The van der Waals surface area contributed by atoms with E-state index in [1.165, 1.54) is 32.6 Å². The van der Waals surface area contributed by atoms with Crippen molar-refractivity contribution in [2.24, 2.45) is 23.2 Å².